The standard InChI is InChI=1S/C17H30N2O/c1-15(2,3)11-12-10-13(18-16(4,5)6)19(14(12)20)17(7,8)9/h10H,11H2,1-9H3. The minimum absolute atomic E-state index is 0.0994. The number of amidine groups is 1. The lowest BCUT2D eigenvalue weighted by molar-refractivity contribution is -0.126. The second-order valence-corrected chi connectivity index (χ2v) is 8.86. The Kier molecular flexibility index (Phi) is 4.24. The van der Waals surface area contributed by atoms with E-state index in [1.807, 2.05) is 11.0 Å². The molecule has 0 atom stereocenters. The number of amides is 1. The third-order valence-electron chi connectivity index (χ3n) is 2.85. The van der Waals surface area contributed by atoms with E-state index in [9.17, 15) is 4.79 Å². The van der Waals surface area contributed by atoms with Gasteiger partial charge in [0, 0.05) is 11.1 Å². The molecule has 20 heavy (non-hydrogen) atoms. The Morgan fingerprint density at radius 1 is 1.00 bits per heavy atom. The third kappa shape index (κ3) is 4.46. The van der Waals surface area contributed by atoms with Gasteiger partial charge in [-0.05, 0) is 59.5 Å². The highest BCUT2D eigenvalue weighted by molar-refractivity contribution is 6.19. The number of carbonyl (C=O) groups excluding carboxylic acids is 1. The monoisotopic (exact) mass is 278 g/mol. The molecule has 0 aromatic carbocycles. The van der Waals surface area contributed by atoms with E-state index in [4.69, 9.17) is 4.99 Å². The van der Waals surface area contributed by atoms with Gasteiger partial charge >= 0.3 is 0 Å². The lowest BCUT2D eigenvalue weighted by atomic mass is 9.88. The van der Waals surface area contributed by atoms with Crippen molar-refractivity contribution >= 4 is 11.7 Å². The van der Waals surface area contributed by atoms with Crippen LogP contribution in [0.25, 0.3) is 0 Å². The highest BCUT2D eigenvalue weighted by atomic mass is 16.2. The summed E-state index contributed by atoms with van der Waals surface area (Å²) in [6.45, 7) is 18.8. The van der Waals surface area contributed by atoms with Crippen LogP contribution in [0.3, 0.4) is 0 Å². The fourth-order valence-corrected chi connectivity index (χ4v) is 2.30. The smallest absolute Gasteiger partial charge is 0.255 e. The van der Waals surface area contributed by atoms with E-state index < -0.39 is 0 Å². The van der Waals surface area contributed by atoms with E-state index in [-0.39, 0.29) is 22.4 Å². The summed E-state index contributed by atoms with van der Waals surface area (Å²) < 4.78 is 0. The molecule has 3 heteroatoms. The molecule has 0 spiro atoms. The summed E-state index contributed by atoms with van der Waals surface area (Å²) in [5.74, 6) is 0.907. The Morgan fingerprint density at radius 3 is 1.85 bits per heavy atom. The van der Waals surface area contributed by atoms with E-state index in [0.717, 1.165) is 17.8 Å². The predicted octanol–water partition coefficient (Wildman–Crippen LogP) is 4.19. The first-order valence-corrected chi connectivity index (χ1v) is 7.36. The molecule has 0 aromatic rings. The Hall–Kier alpha value is -1.12. The summed E-state index contributed by atoms with van der Waals surface area (Å²) >= 11 is 0. The average Bonchev–Trinajstić information content (AvgIpc) is 2.35. The second kappa shape index (κ2) is 5.01. The van der Waals surface area contributed by atoms with Crippen molar-refractivity contribution < 1.29 is 4.79 Å². The molecule has 0 bridgehead atoms. The van der Waals surface area contributed by atoms with E-state index in [2.05, 4.69) is 62.3 Å². The molecule has 0 N–H and O–H groups in total. The Labute approximate surface area is 124 Å². The zero-order valence-electron chi connectivity index (χ0n) is 14.6. The topological polar surface area (TPSA) is 32.7 Å². The van der Waals surface area contributed by atoms with Gasteiger partial charge in [-0.3, -0.25) is 14.7 Å². The second-order valence-electron chi connectivity index (χ2n) is 8.86. The molecule has 0 aliphatic carbocycles. The number of hydrogen-bond acceptors (Lipinski definition) is 2. The first kappa shape index (κ1) is 16.9. The van der Waals surface area contributed by atoms with Gasteiger partial charge in [0.1, 0.15) is 5.84 Å². The summed E-state index contributed by atoms with van der Waals surface area (Å²) in [5.41, 5.74) is 0.530. The predicted molar refractivity (Wildman–Crippen MR) is 85.9 cm³/mol. The summed E-state index contributed by atoms with van der Waals surface area (Å²) in [6, 6.07) is 0. The molecular weight excluding hydrogens is 248 g/mol. The lowest BCUT2D eigenvalue weighted by Gasteiger charge is -2.33. The SMILES string of the molecule is CC(C)(C)CC1=CC(=NC(C)(C)C)N(C(C)(C)C)C1=O. The molecule has 3 nitrogen and oxygen atoms in total. The van der Waals surface area contributed by atoms with Crippen molar-refractivity contribution in [3.05, 3.63) is 11.6 Å². The van der Waals surface area contributed by atoms with E-state index in [1.165, 1.54) is 0 Å². The van der Waals surface area contributed by atoms with Gasteiger partial charge in [0.2, 0.25) is 0 Å². The van der Waals surface area contributed by atoms with Gasteiger partial charge in [0.25, 0.3) is 5.91 Å². The molecule has 0 aromatic heterocycles. The number of rotatable bonds is 1. The van der Waals surface area contributed by atoms with Gasteiger partial charge in [0.05, 0.1) is 5.54 Å². The molecule has 0 saturated heterocycles. The molecule has 1 aliphatic heterocycles. The lowest BCUT2D eigenvalue weighted by Crippen LogP contribution is -2.46. The van der Waals surface area contributed by atoms with Crippen LogP contribution in [-0.4, -0.2) is 27.7 Å². The molecule has 1 heterocycles. The fourth-order valence-electron chi connectivity index (χ4n) is 2.30. The molecular formula is C17H30N2O. The largest absolute Gasteiger partial charge is 0.288 e. The number of aliphatic imine (C=N–C) groups is 1. The summed E-state index contributed by atoms with van der Waals surface area (Å²) in [5, 5.41) is 0. The first-order valence-electron chi connectivity index (χ1n) is 7.36. The van der Waals surface area contributed by atoms with Gasteiger partial charge in [-0.1, -0.05) is 20.8 Å². The average molecular weight is 278 g/mol. The van der Waals surface area contributed by atoms with Crippen molar-refractivity contribution in [3.63, 3.8) is 0 Å². The normalized spacial score (nSPS) is 19.9. The van der Waals surface area contributed by atoms with Gasteiger partial charge in [-0.15, -0.1) is 0 Å². The number of hydrogen-bond donors (Lipinski definition) is 0. The van der Waals surface area contributed by atoms with Gasteiger partial charge in [-0.2, -0.15) is 0 Å². The Balaban J connectivity index is 3.23. The minimum atomic E-state index is -0.253. The minimum Gasteiger partial charge on any atom is -0.288 e. The van der Waals surface area contributed by atoms with Crippen LogP contribution in [0.2, 0.25) is 0 Å². The Bertz CT molecular complexity index is 451. The molecule has 1 amide bonds. The molecule has 114 valence electrons. The van der Waals surface area contributed by atoms with Crippen LogP contribution in [0.15, 0.2) is 16.6 Å². The van der Waals surface area contributed by atoms with Crippen molar-refractivity contribution in [1.82, 2.24) is 4.90 Å². The van der Waals surface area contributed by atoms with Crippen LogP contribution < -0.4 is 0 Å². The van der Waals surface area contributed by atoms with Crippen molar-refractivity contribution in [2.24, 2.45) is 10.4 Å². The van der Waals surface area contributed by atoms with Crippen LogP contribution in [-0.2, 0) is 4.79 Å². The molecule has 0 saturated carbocycles. The quantitative estimate of drug-likeness (QED) is 0.708. The van der Waals surface area contributed by atoms with Gasteiger partial charge < -0.3 is 0 Å². The number of carbonyl (C=O) groups is 1. The molecule has 1 rings (SSSR count). The van der Waals surface area contributed by atoms with Crippen LogP contribution >= 0.6 is 0 Å². The van der Waals surface area contributed by atoms with Crippen molar-refractivity contribution in [2.75, 3.05) is 0 Å². The van der Waals surface area contributed by atoms with Crippen LogP contribution in [0.4, 0.5) is 0 Å². The fraction of sp³-hybridized carbons (Fsp3) is 0.765. The maximum absolute atomic E-state index is 12.7. The van der Waals surface area contributed by atoms with E-state index in [0.29, 0.717) is 0 Å². The van der Waals surface area contributed by atoms with Crippen molar-refractivity contribution in [1.29, 1.82) is 0 Å². The molecule has 0 unspecified atom stereocenters. The summed E-state index contributed by atoms with van der Waals surface area (Å²) in [7, 11) is 0. The molecule has 1 aliphatic rings. The molecule has 0 fully saturated rings. The van der Waals surface area contributed by atoms with Crippen LogP contribution in [0.5, 0.6) is 0 Å². The summed E-state index contributed by atoms with van der Waals surface area (Å²) in [4.78, 5) is 19.3. The highest BCUT2D eigenvalue weighted by Crippen LogP contribution is 2.32. The van der Waals surface area contributed by atoms with Crippen LogP contribution in [0.1, 0.15) is 68.7 Å². The van der Waals surface area contributed by atoms with Crippen molar-refractivity contribution in [3.8, 4) is 0 Å². The zero-order chi connectivity index (χ0) is 15.9. The first-order chi connectivity index (χ1) is 8.71. The van der Waals surface area contributed by atoms with Gasteiger partial charge in [0.15, 0.2) is 0 Å². The van der Waals surface area contributed by atoms with E-state index >= 15 is 0 Å². The highest BCUT2D eigenvalue weighted by Gasteiger charge is 2.38. The van der Waals surface area contributed by atoms with Gasteiger partial charge in [-0.25, -0.2) is 0 Å². The Morgan fingerprint density at radius 2 is 1.50 bits per heavy atom. The third-order valence-corrected chi connectivity index (χ3v) is 2.85. The van der Waals surface area contributed by atoms with Crippen LogP contribution in [0, 0.1) is 5.41 Å². The maximum atomic E-state index is 12.7. The van der Waals surface area contributed by atoms with E-state index in [1.54, 1.807) is 0 Å². The molecule has 0 radical (unpaired) electrons. The zero-order valence-corrected chi connectivity index (χ0v) is 14.6. The van der Waals surface area contributed by atoms with Crippen molar-refractivity contribution in [2.45, 2.75) is 79.8 Å². The summed E-state index contributed by atoms with van der Waals surface area (Å²) in [6.07, 6.45) is 2.76. The maximum Gasteiger partial charge on any atom is 0.255 e. The number of nitrogens with zero attached hydrogens (tertiary/aromatic N) is 2.